The molecular weight excluding hydrogens is 332 g/mol. The van der Waals surface area contributed by atoms with Crippen molar-refractivity contribution >= 4 is 23.3 Å². The minimum atomic E-state index is -0.378. The van der Waals surface area contributed by atoms with Crippen molar-refractivity contribution in [1.29, 1.82) is 0 Å². The average Bonchev–Trinajstić information content (AvgIpc) is 3.34. The molecule has 0 saturated heterocycles. The van der Waals surface area contributed by atoms with Gasteiger partial charge in [0.1, 0.15) is 5.71 Å². The molecule has 6 nitrogen and oxygen atoms in total. The van der Waals surface area contributed by atoms with Crippen LogP contribution in [0.25, 0.3) is 0 Å². The third-order valence-corrected chi connectivity index (χ3v) is 4.73. The lowest BCUT2D eigenvalue weighted by Gasteiger charge is -2.17. The Kier molecular flexibility index (Phi) is 4.16. The first kappa shape index (κ1) is 16.3. The summed E-state index contributed by atoms with van der Waals surface area (Å²) >= 11 is 0. The Morgan fingerprint density at radius 1 is 1.19 bits per heavy atom. The highest BCUT2D eigenvalue weighted by atomic mass is 16.6. The van der Waals surface area contributed by atoms with Crippen LogP contribution in [0.5, 0.6) is 0 Å². The van der Waals surface area contributed by atoms with Gasteiger partial charge >= 0.3 is 5.97 Å². The molecule has 0 aliphatic carbocycles. The highest BCUT2D eigenvalue weighted by Crippen LogP contribution is 2.32. The number of carbonyl (C=O) groups is 2. The van der Waals surface area contributed by atoms with Crippen LogP contribution in [0.2, 0.25) is 0 Å². The monoisotopic (exact) mass is 350 g/mol. The third-order valence-electron chi connectivity index (χ3n) is 4.73. The van der Waals surface area contributed by atoms with Gasteiger partial charge in [0.05, 0.1) is 12.7 Å². The number of amides is 1. The van der Waals surface area contributed by atoms with E-state index in [4.69, 9.17) is 9.57 Å². The number of oxime groups is 1. The molecule has 2 aliphatic heterocycles. The maximum atomic E-state index is 12.9. The van der Waals surface area contributed by atoms with Gasteiger partial charge in [0.15, 0.2) is 6.10 Å². The van der Waals surface area contributed by atoms with Crippen LogP contribution in [0.3, 0.4) is 0 Å². The standard InChI is InChI=1S/C20H18N2O4/c1-25-20(24)15-7-8-17-14(11-15)9-10-22(17)19(23)16-12-18(26-21-16)13-5-3-2-4-6-13/h2-8,11,18H,9-10,12H2,1H3. The molecule has 132 valence electrons. The number of hydrogen-bond donors (Lipinski definition) is 0. The zero-order chi connectivity index (χ0) is 18.1. The molecule has 0 bridgehead atoms. The van der Waals surface area contributed by atoms with Crippen molar-refractivity contribution in [3.05, 3.63) is 65.2 Å². The Labute approximate surface area is 151 Å². The maximum absolute atomic E-state index is 12.9. The zero-order valence-corrected chi connectivity index (χ0v) is 14.3. The summed E-state index contributed by atoms with van der Waals surface area (Å²) in [5.74, 6) is -0.523. The van der Waals surface area contributed by atoms with Crippen LogP contribution in [0.1, 0.15) is 34.0 Å². The van der Waals surface area contributed by atoms with Crippen LogP contribution in [-0.2, 0) is 20.8 Å². The highest BCUT2D eigenvalue weighted by Gasteiger charge is 2.33. The molecule has 26 heavy (non-hydrogen) atoms. The van der Waals surface area contributed by atoms with Crippen LogP contribution >= 0.6 is 0 Å². The Hall–Kier alpha value is -3.15. The Morgan fingerprint density at radius 3 is 2.77 bits per heavy atom. The molecule has 0 N–H and O–H groups in total. The Morgan fingerprint density at radius 2 is 2.00 bits per heavy atom. The van der Waals surface area contributed by atoms with E-state index in [1.165, 1.54) is 7.11 Å². The molecule has 1 atom stereocenters. The molecule has 2 heterocycles. The van der Waals surface area contributed by atoms with E-state index in [1.54, 1.807) is 23.1 Å². The lowest BCUT2D eigenvalue weighted by atomic mass is 10.0. The van der Waals surface area contributed by atoms with E-state index in [0.29, 0.717) is 30.7 Å². The van der Waals surface area contributed by atoms with Gasteiger partial charge in [0.25, 0.3) is 5.91 Å². The van der Waals surface area contributed by atoms with E-state index >= 15 is 0 Å². The second-order valence-corrected chi connectivity index (χ2v) is 6.29. The van der Waals surface area contributed by atoms with Crippen molar-refractivity contribution < 1.29 is 19.2 Å². The van der Waals surface area contributed by atoms with Gasteiger partial charge in [-0.25, -0.2) is 4.79 Å². The first-order valence-corrected chi connectivity index (χ1v) is 8.48. The predicted octanol–water partition coefficient (Wildman–Crippen LogP) is 2.88. The summed E-state index contributed by atoms with van der Waals surface area (Å²) in [7, 11) is 1.35. The second kappa shape index (κ2) is 6.63. The number of methoxy groups -OCH3 is 1. The van der Waals surface area contributed by atoms with Crippen LogP contribution in [0.15, 0.2) is 53.7 Å². The first-order valence-electron chi connectivity index (χ1n) is 8.48. The number of anilines is 1. The Balaban J connectivity index is 1.50. The van der Waals surface area contributed by atoms with Gasteiger partial charge in [-0.1, -0.05) is 35.5 Å². The van der Waals surface area contributed by atoms with Crippen LogP contribution in [-0.4, -0.2) is 31.2 Å². The average molecular weight is 350 g/mol. The molecule has 6 heteroatoms. The van der Waals surface area contributed by atoms with Crippen molar-refractivity contribution in [3.8, 4) is 0 Å². The van der Waals surface area contributed by atoms with Gasteiger partial charge < -0.3 is 14.5 Å². The van der Waals surface area contributed by atoms with E-state index in [1.807, 2.05) is 30.3 Å². The van der Waals surface area contributed by atoms with Gasteiger partial charge in [-0.3, -0.25) is 4.79 Å². The molecule has 0 saturated carbocycles. The minimum absolute atomic E-state index is 0.145. The molecule has 0 aromatic heterocycles. The van der Waals surface area contributed by atoms with Crippen molar-refractivity contribution in [2.45, 2.75) is 18.9 Å². The summed E-state index contributed by atoms with van der Waals surface area (Å²) < 4.78 is 4.75. The second-order valence-electron chi connectivity index (χ2n) is 6.29. The quantitative estimate of drug-likeness (QED) is 0.798. The number of carbonyl (C=O) groups excluding carboxylic acids is 2. The largest absolute Gasteiger partial charge is 0.465 e. The van der Waals surface area contributed by atoms with E-state index in [0.717, 1.165) is 16.8 Å². The number of rotatable bonds is 3. The van der Waals surface area contributed by atoms with Gasteiger partial charge in [-0.15, -0.1) is 0 Å². The fraction of sp³-hybridized carbons (Fsp3) is 0.250. The van der Waals surface area contributed by atoms with Crippen molar-refractivity contribution in [2.75, 3.05) is 18.6 Å². The number of benzene rings is 2. The van der Waals surface area contributed by atoms with Crippen molar-refractivity contribution in [2.24, 2.45) is 5.16 Å². The SMILES string of the molecule is COC(=O)c1ccc2c(c1)CCN2C(=O)C1=NOC(c2ccccc2)C1. The summed E-state index contributed by atoms with van der Waals surface area (Å²) in [4.78, 5) is 31.7. The molecule has 2 aromatic carbocycles. The fourth-order valence-electron chi connectivity index (χ4n) is 3.36. The normalized spacial score (nSPS) is 18.1. The van der Waals surface area contributed by atoms with Crippen LogP contribution < -0.4 is 4.90 Å². The van der Waals surface area contributed by atoms with Gasteiger partial charge in [-0.05, 0) is 35.7 Å². The van der Waals surface area contributed by atoms with Crippen molar-refractivity contribution in [3.63, 3.8) is 0 Å². The number of hydrogen-bond acceptors (Lipinski definition) is 5. The summed E-state index contributed by atoms with van der Waals surface area (Å²) in [6.07, 6.45) is 0.927. The van der Waals surface area contributed by atoms with Crippen molar-refractivity contribution in [1.82, 2.24) is 0 Å². The van der Waals surface area contributed by atoms with Crippen LogP contribution in [0, 0.1) is 0 Å². The molecule has 0 fully saturated rings. The summed E-state index contributed by atoms with van der Waals surface area (Å²) in [6.45, 7) is 0.563. The summed E-state index contributed by atoms with van der Waals surface area (Å²) in [6, 6.07) is 15.0. The lowest BCUT2D eigenvalue weighted by Crippen LogP contribution is -2.34. The molecule has 1 amide bonds. The predicted molar refractivity (Wildman–Crippen MR) is 96.2 cm³/mol. The topological polar surface area (TPSA) is 68.2 Å². The molecule has 0 radical (unpaired) electrons. The highest BCUT2D eigenvalue weighted by molar-refractivity contribution is 6.44. The van der Waals surface area contributed by atoms with Gasteiger partial charge in [0, 0.05) is 18.7 Å². The summed E-state index contributed by atoms with van der Waals surface area (Å²) in [5.41, 5.74) is 3.69. The molecule has 0 spiro atoms. The number of esters is 1. The number of fused-ring (bicyclic) bond motifs is 1. The molecule has 2 aromatic rings. The lowest BCUT2D eigenvalue weighted by molar-refractivity contribution is -0.112. The zero-order valence-electron chi connectivity index (χ0n) is 14.3. The molecule has 1 unspecified atom stereocenters. The molecule has 2 aliphatic rings. The maximum Gasteiger partial charge on any atom is 0.337 e. The number of ether oxygens (including phenoxy) is 1. The van der Waals surface area contributed by atoms with Gasteiger partial charge in [0.2, 0.25) is 0 Å². The Bertz CT molecular complexity index is 892. The van der Waals surface area contributed by atoms with E-state index in [9.17, 15) is 9.59 Å². The van der Waals surface area contributed by atoms with E-state index < -0.39 is 0 Å². The minimum Gasteiger partial charge on any atom is -0.465 e. The molecular formula is C20H18N2O4. The van der Waals surface area contributed by atoms with E-state index in [-0.39, 0.29) is 18.0 Å². The summed E-state index contributed by atoms with van der Waals surface area (Å²) in [5, 5.41) is 4.02. The van der Waals surface area contributed by atoms with E-state index in [2.05, 4.69) is 5.16 Å². The molecule has 4 rings (SSSR count). The van der Waals surface area contributed by atoms with Crippen LogP contribution in [0.4, 0.5) is 5.69 Å². The third kappa shape index (κ3) is 2.83. The fourth-order valence-corrected chi connectivity index (χ4v) is 3.36. The smallest absolute Gasteiger partial charge is 0.337 e. The number of nitrogens with zero attached hydrogens (tertiary/aromatic N) is 2. The van der Waals surface area contributed by atoms with Gasteiger partial charge in [-0.2, -0.15) is 0 Å². The first-order chi connectivity index (χ1) is 12.7.